The average Bonchev–Trinajstić information content (AvgIpc) is 3.41. The molecule has 0 radical (unpaired) electrons. The first kappa shape index (κ1) is 18.8. The van der Waals surface area contributed by atoms with Crippen molar-refractivity contribution in [2.45, 2.75) is 50.7 Å². The van der Waals surface area contributed by atoms with Crippen LogP contribution in [0.4, 0.5) is 5.95 Å². The van der Waals surface area contributed by atoms with Crippen molar-refractivity contribution in [3.8, 4) is 17.0 Å². The number of H-pyrrole nitrogens is 1. The molecule has 0 saturated heterocycles. The maximum atomic E-state index is 10.5. The molecule has 0 aliphatic heterocycles. The lowest BCUT2D eigenvalue weighted by atomic mass is 9.80. The zero-order valence-corrected chi connectivity index (χ0v) is 17.1. The van der Waals surface area contributed by atoms with E-state index in [9.17, 15) is 5.11 Å². The lowest BCUT2D eigenvalue weighted by Crippen LogP contribution is -2.38. The third-order valence-electron chi connectivity index (χ3n) is 6.18. The van der Waals surface area contributed by atoms with E-state index in [1.165, 1.54) is 6.33 Å². The SMILES string of the molecule is CC[C@]1(O)CC[C@@H](Nc2nc(OC)c3c(-c4ccc5ncnn5c4)c[nH]c3n2)CC1. The van der Waals surface area contributed by atoms with E-state index >= 15 is 0 Å². The molecule has 9 heteroatoms. The Morgan fingerprint density at radius 2 is 2.13 bits per heavy atom. The normalized spacial score (nSPS) is 21.9. The number of aliphatic hydroxyl groups is 1. The minimum Gasteiger partial charge on any atom is -0.480 e. The summed E-state index contributed by atoms with van der Waals surface area (Å²) in [4.78, 5) is 16.7. The lowest BCUT2D eigenvalue weighted by Gasteiger charge is -2.35. The van der Waals surface area contributed by atoms with Crippen LogP contribution in [0.2, 0.25) is 0 Å². The Labute approximate surface area is 173 Å². The lowest BCUT2D eigenvalue weighted by molar-refractivity contribution is -0.00198. The standard InChI is InChI=1S/C21H25N7O2/c1-3-21(29)8-6-14(7-9-21)25-20-26-18-17(19(27-20)30-2)15(10-22-18)13-4-5-16-23-12-24-28(16)11-13/h4-5,10-12,14,29H,3,6-9H2,1-2H3,(H2,22,25,26,27)/t14-,21+. The van der Waals surface area contributed by atoms with Crippen molar-refractivity contribution in [1.29, 1.82) is 0 Å². The third-order valence-corrected chi connectivity index (χ3v) is 6.18. The first-order valence-electron chi connectivity index (χ1n) is 10.3. The number of pyridine rings is 1. The van der Waals surface area contributed by atoms with E-state index in [0.717, 1.165) is 54.3 Å². The predicted octanol–water partition coefficient (Wildman–Crippen LogP) is 3.17. The first-order chi connectivity index (χ1) is 14.6. The second-order valence-corrected chi connectivity index (χ2v) is 7.96. The van der Waals surface area contributed by atoms with Crippen molar-refractivity contribution in [3.05, 3.63) is 30.9 Å². The van der Waals surface area contributed by atoms with Gasteiger partial charge in [-0.25, -0.2) is 9.50 Å². The summed E-state index contributed by atoms with van der Waals surface area (Å²) in [5.41, 5.74) is 2.87. The highest BCUT2D eigenvalue weighted by Gasteiger charge is 2.31. The van der Waals surface area contributed by atoms with Crippen molar-refractivity contribution >= 4 is 22.6 Å². The van der Waals surface area contributed by atoms with Crippen LogP contribution in [0, 0.1) is 0 Å². The molecule has 1 saturated carbocycles. The molecule has 4 aromatic heterocycles. The van der Waals surface area contributed by atoms with Crippen LogP contribution >= 0.6 is 0 Å². The van der Waals surface area contributed by atoms with E-state index < -0.39 is 5.60 Å². The smallest absolute Gasteiger partial charge is 0.228 e. The Morgan fingerprint density at radius 1 is 1.30 bits per heavy atom. The number of aromatic amines is 1. The number of nitrogens with one attached hydrogen (secondary N) is 2. The zero-order valence-electron chi connectivity index (χ0n) is 17.1. The molecular weight excluding hydrogens is 382 g/mol. The van der Waals surface area contributed by atoms with Gasteiger partial charge in [-0.1, -0.05) is 6.92 Å². The van der Waals surface area contributed by atoms with Gasteiger partial charge >= 0.3 is 0 Å². The molecule has 4 aromatic rings. The molecular formula is C21H25N7O2. The topological polar surface area (TPSA) is 113 Å². The molecule has 156 valence electrons. The number of hydrogen-bond donors (Lipinski definition) is 3. The fourth-order valence-corrected chi connectivity index (χ4v) is 4.25. The molecule has 0 bridgehead atoms. The first-order valence-corrected chi connectivity index (χ1v) is 10.3. The minimum absolute atomic E-state index is 0.239. The summed E-state index contributed by atoms with van der Waals surface area (Å²) in [7, 11) is 1.62. The zero-order chi connectivity index (χ0) is 20.7. The molecule has 0 unspecified atom stereocenters. The Balaban J connectivity index is 1.46. The van der Waals surface area contributed by atoms with Gasteiger partial charge in [-0.15, -0.1) is 0 Å². The molecule has 1 aliphatic carbocycles. The highest BCUT2D eigenvalue weighted by atomic mass is 16.5. The molecule has 0 aromatic carbocycles. The van der Waals surface area contributed by atoms with Gasteiger partial charge in [0.05, 0.1) is 18.1 Å². The van der Waals surface area contributed by atoms with Crippen LogP contribution in [0.25, 0.3) is 27.8 Å². The second-order valence-electron chi connectivity index (χ2n) is 7.96. The summed E-state index contributed by atoms with van der Waals surface area (Å²) in [6.07, 6.45) is 9.52. The van der Waals surface area contributed by atoms with E-state index in [4.69, 9.17) is 4.74 Å². The fourth-order valence-electron chi connectivity index (χ4n) is 4.25. The van der Waals surface area contributed by atoms with E-state index in [-0.39, 0.29) is 6.04 Å². The number of nitrogens with zero attached hydrogens (tertiary/aromatic N) is 5. The summed E-state index contributed by atoms with van der Waals surface area (Å²) < 4.78 is 7.35. The quantitative estimate of drug-likeness (QED) is 0.466. The predicted molar refractivity (Wildman–Crippen MR) is 114 cm³/mol. The molecule has 4 heterocycles. The average molecular weight is 407 g/mol. The van der Waals surface area contributed by atoms with Gasteiger partial charge in [0.1, 0.15) is 12.0 Å². The van der Waals surface area contributed by atoms with Crippen molar-refractivity contribution in [2.24, 2.45) is 0 Å². The molecule has 3 N–H and O–H groups in total. The van der Waals surface area contributed by atoms with Gasteiger partial charge in [0.2, 0.25) is 11.8 Å². The van der Waals surface area contributed by atoms with Gasteiger partial charge in [0.25, 0.3) is 0 Å². The van der Waals surface area contributed by atoms with Gasteiger partial charge in [-0.05, 0) is 44.2 Å². The van der Waals surface area contributed by atoms with Crippen molar-refractivity contribution in [2.75, 3.05) is 12.4 Å². The Bertz CT molecular complexity index is 1190. The molecule has 30 heavy (non-hydrogen) atoms. The fraction of sp³-hybridized carbons (Fsp3) is 0.429. The van der Waals surface area contributed by atoms with Crippen LogP contribution in [0.1, 0.15) is 39.0 Å². The van der Waals surface area contributed by atoms with E-state index in [0.29, 0.717) is 17.5 Å². The second kappa shape index (κ2) is 7.24. The highest BCUT2D eigenvalue weighted by Crippen LogP contribution is 2.35. The third kappa shape index (κ3) is 3.24. The summed E-state index contributed by atoms with van der Waals surface area (Å²) >= 11 is 0. The van der Waals surface area contributed by atoms with Crippen LogP contribution < -0.4 is 10.1 Å². The van der Waals surface area contributed by atoms with Crippen LogP contribution in [0.3, 0.4) is 0 Å². The van der Waals surface area contributed by atoms with E-state index in [2.05, 4.69) is 30.4 Å². The van der Waals surface area contributed by atoms with Gasteiger partial charge < -0.3 is 20.1 Å². The van der Waals surface area contributed by atoms with Gasteiger partial charge in [0, 0.05) is 29.6 Å². The molecule has 5 rings (SSSR count). The molecule has 0 amide bonds. The largest absolute Gasteiger partial charge is 0.480 e. The molecule has 0 atom stereocenters. The Hall–Kier alpha value is -3.20. The maximum absolute atomic E-state index is 10.5. The summed E-state index contributed by atoms with van der Waals surface area (Å²) in [6, 6.07) is 4.16. The van der Waals surface area contributed by atoms with Crippen molar-refractivity contribution in [3.63, 3.8) is 0 Å². The van der Waals surface area contributed by atoms with Crippen LogP contribution in [0.5, 0.6) is 5.88 Å². The number of methoxy groups -OCH3 is 1. The Morgan fingerprint density at radius 3 is 2.90 bits per heavy atom. The van der Waals surface area contributed by atoms with Crippen LogP contribution in [0.15, 0.2) is 30.9 Å². The van der Waals surface area contributed by atoms with Crippen molar-refractivity contribution < 1.29 is 9.84 Å². The molecule has 9 nitrogen and oxygen atoms in total. The number of hydrogen-bond acceptors (Lipinski definition) is 7. The van der Waals surface area contributed by atoms with Gasteiger partial charge in [-0.2, -0.15) is 15.1 Å². The summed E-state index contributed by atoms with van der Waals surface area (Å²) in [5.74, 6) is 1.05. The molecule has 1 fully saturated rings. The van der Waals surface area contributed by atoms with E-state index in [1.54, 1.807) is 11.6 Å². The number of anilines is 1. The number of fused-ring (bicyclic) bond motifs is 2. The summed E-state index contributed by atoms with van der Waals surface area (Å²) in [6.45, 7) is 2.04. The van der Waals surface area contributed by atoms with E-state index in [1.807, 2.05) is 31.5 Å². The highest BCUT2D eigenvalue weighted by molar-refractivity contribution is 5.97. The number of rotatable bonds is 5. The molecule has 1 aliphatic rings. The van der Waals surface area contributed by atoms with Gasteiger partial charge in [-0.3, -0.25) is 0 Å². The Kier molecular flexibility index (Phi) is 4.54. The number of ether oxygens (including phenoxy) is 1. The van der Waals surface area contributed by atoms with Crippen LogP contribution in [-0.4, -0.2) is 53.4 Å². The monoisotopic (exact) mass is 407 g/mol. The maximum Gasteiger partial charge on any atom is 0.228 e. The number of aromatic nitrogens is 6. The molecule has 0 spiro atoms. The summed E-state index contributed by atoms with van der Waals surface area (Å²) in [5, 5.41) is 18.9. The van der Waals surface area contributed by atoms with Gasteiger partial charge in [0.15, 0.2) is 5.65 Å². The van der Waals surface area contributed by atoms with Crippen molar-refractivity contribution in [1.82, 2.24) is 29.5 Å². The van der Waals surface area contributed by atoms with Crippen LogP contribution in [-0.2, 0) is 0 Å². The minimum atomic E-state index is -0.528.